The van der Waals surface area contributed by atoms with Crippen molar-refractivity contribution >= 4 is 28.9 Å². The second-order valence-corrected chi connectivity index (χ2v) is 9.61. The number of amides is 2. The van der Waals surface area contributed by atoms with Crippen molar-refractivity contribution in [3.63, 3.8) is 0 Å². The topological polar surface area (TPSA) is 99.0 Å². The second kappa shape index (κ2) is 10.0. The first-order valence-corrected chi connectivity index (χ1v) is 12.4. The van der Waals surface area contributed by atoms with Gasteiger partial charge in [0.05, 0.1) is 10.8 Å². The summed E-state index contributed by atoms with van der Waals surface area (Å²) in [4.78, 5) is 41.4. The molecule has 1 N–H and O–H groups in total. The number of nitro benzene ring substituents is 1. The Kier molecular flexibility index (Phi) is 6.68. The summed E-state index contributed by atoms with van der Waals surface area (Å²) in [6.45, 7) is 5.88. The maximum Gasteiger partial charge on any atom is 0.269 e. The number of rotatable bonds is 5. The van der Waals surface area contributed by atoms with Gasteiger partial charge in [-0.25, -0.2) is 0 Å². The molecule has 1 unspecified atom stereocenters. The normalized spacial score (nSPS) is 22.2. The number of carbonyl (C=O) groups is 2. The molecule has 2 aromatic carbocycles. The average Bonchev–Trinajstić information content (AvgIpc) is 2.89. The number of nitro groups is 1. The van der Waals surface area contributed by atoms with E-state index in [2.05, 4.69) is 32.1 Å². The number of imide groups is 1. The molecule has 0 spiro atoms. The summed E-state index contributed by atoms with van der Waals surface area (Å²) in [5, 5.41) is 13.3. The number of carbonyl (C=O) groups excluding carboxylic acids is 2. The monoisotopic (exact) mass is 477 g/mol. The molecular formula is C26H31N5O4. The van der Waals surface area contributed by atoms with Crippen LogP contribution in [0.5, 0.6) is 0 Å². The number of nitrogens with zero attached hydrogens (tertiary/aromatic N) is 4. The third kappa shape index (κ3) is 5.14. The van der Waals surface area contributed by atoms with E-state index in [-0.39, 0.29) is 28.3 Å². The highest BCUT2D eigenvalue weighted by Gasteiger charge is 2.29. The molecular weight excluding hydrogens is 446 g/mol. The Balaban J connectivity index is 1.10. The zero-order valence-corrected chi connectivity index (χ0v) is 19.8. The van der Waals surface area contributed by atoms with Crippen molar-refractivity contribution in [2.45, 2.75) is 37.6 Å². The van der Waals surface area contributed by atoms with Gasteiger partial charge in [0.15, 0.2) is 0 Å². The van der Waals surface area contributed by atoms with Gasteiger partial charge >= 0.3 is 0 Å². The van der Waals surface area contributed by atoms with Crippen LogP contribution in [0.4, 0.5) is 17.1 Å². The summed E-state index contributed by atoms with van der Waals surface area (Å²) in [7, 11) is 0. The number of hydrogen-bond donors (Lipinski definition) is 1. The van der Waals surface area contributed by atoms with Gasteiger partial charge in [-0.05, 0) is 49.1 Å². The predicted molar refractivity (Wildman–Crippen MR) is 134 cm³/mol. The van der Waals surface area contributed by atoms with Gasteiger partial charge in [0.1, 0.15) is 0 Å². The second-order valence-electron chi connectivity index (χ2n) is 9.61. The van der Waals surface area contributed by atoms with Crippen molar-refractivity contribution in [1.82, 2.24) is 10.2 Å². The van der Waals surface area contributed by atoms with E-state index in [1.807, 2.05) is 24.3 Å². The standard InChI is InChI=1S/C26H31N5O4/c32-25-10-9-24(26(33)27-25)19-1-3-20(4-2-19)28-13-11-22(12-14-28)30-17-15-29(16-18-30)21-5-7-23(8-6-21)31(34)35/h1-8,22,24H,9-18H2,(H,27,32,33). The van der Waals surface area contributed by atoms with E-state index >= 15 is 0 Å². The lowest BCUT2D eigenvalue weighted by molar-refractivity contribution is -0.384. The fraction of sp³-hybridized carbons (Fsp3) is 0.462. The quantitative estimate of drug-likeness (QED) is 0.402. The predicted octanol–water partition coefficient (Wildman–Crippen LogP) is 2.91. The maximum absolute atomic E-state index is 12.1. The van der Waals surface area contributed by atoms with Gasteiger partial charge in [-0.1, -0.05) is 12.1 Å². The summed E-state index contributed by atoms with van der Waals surface area (Å²) in [5.74, 6) is -0.612. The van der Waals surface area contributed by atoms with Gasteiger partial charge < -0.3 is 9.80 Å². The molecule has 3 heterocycles. The number of piperidine rings is 2. The summed E-state index contributed by atoms with van der Waals surface area (Å²) >= 11 is 0. The van der Waals surface area contributed by atoms with Gasteiger partial charge in [-0.2, -0.15) is 0 Å². The van der Waals surface area contributed by atoms with Crippen LogP contribution in [0.1, 0.15) is 37.2 Å². The minimum atomic E-state index is -0.360. The van der Waals surface area contributed by atoms with Crippen LogP contribution >= 0.6 is 0 Å². The van der Waals surface area contributed by atoms with Crippen molar-refractivity contribution in [1.29, 1.82) is 0 Å². The van der Waals surface area contributed by atoms with E-state index in [4.69, 9.17) is 0 Å². The highest BCUT2D eigenvalue weighted by Crippen LogP contribution is 2.29. The fourth-order valence-electron chi connectivity index (χ4n) is 5.55. The molecule has 0 aliphatic carbocycles. The summed E-state index contributed by atoms with van der Waals surface area (Å²) in [6, 6.07) is 15.7. The minimum absolute atomic E-state index is 0.129. The van der Waals surface area contributed by atoms with Gasteiger partial charge in [0, 0.05) is 75.2 Å². The number of benzene rings is 2. The Hall–Kier alpha value is -3.46. The minimum Gasteiger partial charge on any atom is -0.371 e. The molecule has 0 saturated carbocycles. The number of anilines is 2. The maximum atomic E-state index is 12.1. The van der Waals surface area contributed by atoms with Crippen LogP contribution in [-0.4, -0.2) is 66.9 Å². The van der Waals surface area contributed by atoms with Crippen molar-refractivity contribution in [2.75, 3.05) is 49.1 Å². The number of nitrogens with one attached hydrogen (secondary N) is 1. The van der Waals surface area contributed by atoms with Crippen LogP contribution in [0.3, 0.4) is 0 Å². The number of piperazine rings is 1. The van der Waals surface area contributed by atoms with E-state index in [9.17, 15) is 19.7 Å². The molecule has 0 aromatic heterocycles. The van der Waals surface area contributed by atoms with Crippen LogP contribution in [0.15, 0.2) is 48.5 Å². The summed E-state index contributed by atoms with van der Waals surface area (Å²) in [5.41, 5.74) is 3.33. The first kappa shape index (κ1) is 23.3. The Morgan fingerprint density at radius 1 is 0.771 bits per heavy atom. The van der Waals surface area contributed by atoms with E-state index in [0.717, 1.165) is 63.4 Å². The van der Waals surface area contributed by atoms with Crippen molar-refractivity contribution in [3.05, 3.63) is 64.2 Å². The third-order valence-corrected chi connectivity index (χ3v) is 7.62. The molecule has 3 fully saturated rings. The Morgan fingerprint density at radius 3 is 1.91 bits per heavy atom. The zero-order chi connectivity index (χ0) is 24.4. The molecule has 1 atom stereocenters. The zero-order valence-electron chi connectivity index (χ0n) is 19.8. The molecule has 9 heteroatoms. The smallest absolute Gasteiger partial charge is 0.269 e. The molecule has 5 rings (SSSR count). The molecule has 3 saturated heterocycles. The van der Waals surface area contributed by atoms with Gasteiger partial charge in [-0.3, -0.25) is 29.9 Å². The highest BCUT2D eigenvalue weighted by atomic mass is 16.6. The Labute approximate surface area is 204 Å². The van der Waals surface area contributed by atoms with Gasteiger partial charge in [-0.15, -0.1) is 0 Å². The van der Waals surface area contributed by atoms with Crippen molar-refractivity contribution in [2.24, 2.45) is 0 Å². The number of non-ortho nitro benzene ring substituents is 1. The first-order valence-electron chi connectivity index (χ1n) is 12.4. The van der Waals surface area contributed by atoms with Gasteiger partial charge in [0.2, 0.25) is 11.8 Å². The molecule has 0 radical (unpaired) electrons. The molecule has 3 aliphatic rings. The summed E-state index contributed by atoms with van der Waals surface area (Å²) in [6.07, 6.45) is 3.21. The van der Waals surface area contributed by atoms with Crippen LogP contribution in [0.2, 0.25) is 0 Å². The molecule has 0 bridgehead atoms. The Morgan fingerprint density at radius 2 is 1.34 bits per heavy atom. The van der Waals surface area contributed by atoms with E-state index in [0.29, 0.717) is 18.9 Å². The van der Waals surface area contributed by atoms with Crippen LogP contribution in [0, 0.1) is 10.1 Å². The molecule has 2 aromatic rings. The molecule has 184 valence electrons. The van der Waals surface area contributed by atoms with Crippen molar-refractivity contribution in [3.8, 4) is 0 Å². The van der Waals surface area contributed by atoms with Gasteiger partial charge in [0.25, 0.3) is 5.69 Å². The molecule has 9 nitrogen and oxygen atoms in total. The largest absolute Gasteiger partial charge is 0.371 e. The fourth-order valence-corrected chi connectivity index (χ4v) is 5.55. The lowest BCUT2D eigenvalue weighted by Gasteiger charge is -2.43. The van der Waals surface area contributed by atoms with E-state index < -0.39 is 0 Å². The van der Waals surface area contributed by atoms with Crippen LogP contribution < -0.4 is 15.1 Å². The van der Waals surface area contributed by atoms with Crippen molar-refractivity contribution < 1.29 is 14.5 Å². The molecule has 35 heavy (non-hydrogen) atoms. The highest BCUT2D eigenvalue weighted by molar-refractivity contribution is 6.00. The first-order chi connectivity index (χ1) is 17.0. The molecule has 3 aliphatic heterocycles. The molecule has 2 amide bonds. The number of hydrogen-bond acceptors (Lipinski definition) is 7. The third-order valence-electron chi connectivity index (χ3n) is 7.62. The van der Waals surface area contributed by atoms with E-state index in [1.54, 1.807) is 12.1 Å². The average molecular weight is 478 g/mol. The Bertz CT molecular complexity index is 1070. The SMILES string of the molecule is O=C1CCC(c2ccc(N3CCC(N4CCN(c5ccc([N+](=O)[O-])cc5)CC4)CC3)cc2)C(=O)N1. The van der Waals surface area contributed by atoms with E-state index in [1.165, 1.54) is 5.69 Å². The lowest BCUT2D eigenvalue weighted by atomic mass is 9.90. The summed E-state index contributed by atoms with van der Waals surface area (Å²) < 4.78 is 0. The lowest BCUT2D eigenvalue weighted by Crippen LogP contribution is -2.53. The van der Waals surface area contributed by atoms with Crippen LogP contribution in [-0.2, 0) is 9.59 Å². The van der Waals surface area contributed by atoms with Crippen LogP contribution in [0.25, 0.3) is 0 Å².